The molecule has 0 radical (unpaired) electrons. The van der Waals surface area contributed by atoms with Crippen molar-refractivity contribution >= 4 is 34.4 Å². The lowest BCUT2D eigenvalue weighted by atomic mass is 10.2. The first kappa shape index (κ1) is 16.8. The van der Waals surface area contributed by atoms with Gasteiger partial charge in [-0.1, -0.05) is 17.7 Å². The number of aromatic nitrogens is 6. The molecular formula is C19H17N7OS. The normalized spacial score (nSPS) is 11.6. The molecule has 0 atom stereocenters. The second-order valence-electron chi connectivity index (χ2n) is 6.38. The lowest BCUT2D eigenvalue weighted by molar-refractivity contribution is 0.577. The Labute approximate surface area is 164 Å². The first-order valence-corrected chi connectivity index (χ1v) is 9.79. The summed E-state index contributed by atoms with van der Waals surface area (Å²) in [4.78, 5) is 10.3. The maximum atomic E-state index is 6.12. The van der Waals surface area contributed by atoms with E-state index in [1.165, 1.54) is 15.0 Å². The highest BCUT2D eigenvalue weighted by Crippen LogP contribution is 2.24. The van der Waals surface area contributed by atoms with E-state index in [4.69, 9.17) is 10.2 Å². The zero-order chi connectivity index (χ0) is 19.1. The summed E-state index contributed by atoms with van der Waals surface area (Å²) >= 11 is 1.78. The minimum absolute atomic E-state index is 0.265. The Hall–Kier alpha value is -3.33. The first-order chi connectivity index (χ1) is 13.7. The van der Waals surface area contributed by atoms with E-state index in [0.29, 0.717) is 29.4 Å². The summed E-state index contributed by atoms with van der Waals surface area (Å²) in [5.74, 6) is 2.18. The Morgan fingerprint density at radius 1 is 1.11 bits per heavy atom. The fourth-order valence-electron chi connectivity index (χ4n) is 3.01. The summed E-state index contributed by atoms with van der Waals surface area (Å²) in [5.41, 5.74) is 8.70. The highest BCUT2D eigenvalue weighted by Gasteiger charge is 2.17. The standard InChI is InChI=1S/C19H17N7OS/c1-12-4-6-13(7-5-12)28-10-8-25-17-14(11-21-25)18-22-16(15-3-2-9-27-15)24-26(18)19(20)23-17/h2-7,9,11H,8,10H2,1H3,(H2,20,23). The molecule has 4 aromatic heterocycles. The topological polar surface area (TPSA) is 100 Å². The number of anilines is 1. The van der Waals surface area contributed by atoms with Crippen LogP contribution < -0.4 is 5.73 Å². The molecule has 0 fully saturated rings. The molecule has 0 spiro atoms. The number of benzene rings is 1. The maximum Gasteiger partial charge on any atom is 0.225 e. The Bertz CT molecular complexity index is 1260. The molecule has 0 aliphatic rings. The van der Waals surface area contributed by atoms with Crippen LogP contribution >= 0.6 is 11.8 Å². The van der Waals surface area contributed by atoms with Crippen LogP contribution in [0.1, 0.15) is 5.56 Å². The summed E-state index contributed by atoms with van der Waals surface area (Å²) in [7, 11) is 0. The van der Waals surface area contributed by atoms with Gasteiger partial charge in [0.2, 0.25) is 11.8 Å². The number of hydrogen-bond acceptors (Lipinski definition) is 7. The number of nitrogens with two attached hydrogens (primary N) is 1. The molecule has 9 heteroatoms. The lowest BCUT2D eigenvalue weighted by Gasteiger charge is -2.05. The van der Waals surface area contributed by atoms with Crippen molar-refractivity contribution in [1.29, 1.82) is 0 Å². The van der Waals surface area contributed by atoms with Crippen LogP contribution in [0.15, 0.2) is 58.2 Å². The Balaban J connectivity index is 1.45. The molecule has 0 amide bonds. The van der Waals surface area contributed by atoms with Crippen LogP contribution in [0.3, 0.4) is 0 Å². The first-order valence-electron chi connectivity index (χ1n) is 8.80. The van der Waals surface area contributed by atoms with Gasteiger partial charge in [0, 0.05) is 10.6 Å². The van der Waals surface area contributed by atoms with Crippen molar-refractivity contribution in [3.05, 3.63) is 54.4 Å². The van der Waals surface area contributed by atoms with Crippen molar-refractivity contribution in [1.82, 2.24) is 29.4 Å². The minimum Gasteiger partial charge on any atom is -0.461 e. The van der Waals surface area contributed by atoms with Gasteiger partial charge in [-0.3, -0.25) is 0 Å². The molecule has 4 heterocycles. The van der Waals surface area contributed by atoms with Crippen LogP contribution in [0, 0.1) is 6.92 Å². The molecule has 0 unspecified atom stereocenters. The van der Waals surface area contributed by atoms with Crippen LogP contribution in [0.25, 0.3) is 28.3 Å². The molecule has 0 aliphatic heterocycles. The van der Waals surface area contributed by atoms with Gasteiger partial charge >= 0.3 is 0 Å². The van der Waals surface area contributed by atoms with Gasteiger partial charge in [0.05, 0.1) is 24.4 Å². The fraction of sp³-hybridized carbons (Fsp3) is 0.158. The van der Waals surface area contributed by atoms with E-state index < -0.39 is 0 Å². The van der Waals surface area contributed by atoms with E-state index in [0.717, 1.165) is 11.1 Å². The summed E-state index contributed by atoms with van der Waals surface area (Å²) in [5, 5.41) is 9.70. The van der Waals surface area contributed by atoms with Crippen molar-refractivity contribution in [3.8, 4) is 11.6 Å². The smallest absolute Gasteiger partial charge is 0.225 e. The van der Waals surface area contributed by atoms with Gasteiger partial charge in [-0.15, -0.1) is 16.9 Å². The molecule has 0 aliphatic carbocycles. The molecule has 5 rings (SSSR count). The van der Waals surface area contributed by atoms with Crippen molar-refractivity contribution in [3.63, 3.8) is 0 Å². The maximum absolute atomic E-state index is 6.12. The van der Waals surface area contributed by atoms with E-state index >= 15 is 0 Å². The lowest BCUT2D eigenvalue weighted by Crippen LogP contribution is -2.07. The number of furan rings is 1. The number of aryl methyl sites for hydroxylation is 2. The summed E-state index contributed by atoms with van der Waals surface area (Å²) in [6.45, 7) is 2.80. The zero-order valence-electron chi connectivity index (χ0n) is 15.1. The Morgan fingerprint density at radius 3 is 2.75 bits per heavy atom. The van der Waals surface area contributed by atoms with Crippen molar-refractivity contribution < 1.29 is 4.42 Å². The van der Waals surface area contributed by atoms with Crippen LogP contribution in [-0.2, 0) is 6.54 Å². The van der Waals surface area contributed by atoms with Gasteiger partial charge in [0.25, 0.3) is 0 Å². The highest BCUT2D eigenvalue weighted by molar-refractivity contribution is 7.99. The van der Waals surface area contributed by atoms with Crippen LogP contribution in [0.2, 0.25) is 0 Å². The molecular weight excluding hydrogens is 374 g/mol. The minimum atomic E-state index is 0.265. The third-order valence-corrected chi connectivity index (χ3v) is 5.42. The molecule has 0 saturated heterocycles. The van der Waals surface area contributed by atoms with Crippen LogP contribution in [0.5, 0.6) is 0 Å². The monoisotopic (exact) mass is 391 g/mol. The molecule has 28 heavy (non-hydrogen) atoms. The van der Waals surface area contributed by atoms with Gasteiger partial charge in [-0.05, 0) is 31.2 Å². The quantitative estimate of drug-likeness (QED) is 0.458. The highest BCUT2D eigenvalue weighted by atomic mass is 32.2. The molecule has 140 valence electrons. The number of rotatable bonds is 5. The molecule has 0 saturated carbocycles. The number of nitrogen functional groups attached to an aromatic ring is 1. The molecule has 0 bridgehead atoms. The van der Waals surface area contributed by atoms with Crippen LogP contribution in [0.4, 0.5) is 5.95 Å². The second kappa shape index (κ2) is 6.68. The molecule has 5 aromatic rings. The van der Waals surface area contributed by atoms with Crippen molar-refractivity contribution in [2.75, 3.05) is 11.5 Å². The van der Waals surface area contributed by atoms with Crippen molar-refractivity contribution in [2.24, 2.45) is 0 Å². The Morgan fingerprint density at radius 2 is 1.96 bits per heavy atom. The van der Waals surface area contributed by atoms with Gasteiger partial charge in [0.15, 0.2) is 17.1 Å². The molecule has 2 N–H and O–H groups in total. The molecule has 8 nitrogen and oxygen atoms in total. The zero-order valence-corrected chi connectivity index (χ0v) is 15.9. The predicted octanol–water partition coefficient (Wildman–Crippen LogP) is 3.42. The van der Waals surface area contributed by atoms with Gasteiger partial charge in [-0.25, -0.2) is 9.67 Å². The third kappa shape index (κ3) is 2.89. The van der Waals surface area contributed by atoms with E-state index in [-0.39, 0.29) is 5.95 Å². The number of fused-ring (bicyclic) bond motifs is 3. The SMILES string of the molecule is Cc1ccc(SCCn2ncc3c2nc(N)n2nc(-c4ccco4)nc32)cc1. The fourth-order valence-corrected chi connectivity index (χ4v) is 3.84. The van der Waals surface area contributed by atoms with Gasteiger partial charge < -0.3 is 10.2 Å². The number of nitrogens with zero attached hydrogens (tertiary/aromatic N) is 6. The van der Waals surface area contributed by atoms with E-state index in [1.54, 1.807) is 36.4 Å². The number of hydrogen-bond donors (Lipinski definition) is 1. The van der Waals surface area contributed by atoms with Gasteiger partial charge in [0.1, 0.15) is 0 Å². The third-order valence-electron chi connectivity index (χ3n) is 4.43. The average molecular weight is 391 g/mol. The van der Waals surface area contributed by atoms with E-state index in [9.17, 15) is 0 Å². The largest absolute Gasteiger partial charge is 0.461 e. The average Bonchev–Trinajstić information content (AvgIpc) is 3.42. The summed E-state index contributed by atoms with van der Waals surface area (Å²) in [6.07, 6.45) is 3.34. The van der Waals surface area contributed by atoms with Crippen molar-refractivity contribution in [2.45, 2.75) is 18.4 Å². The van der Waals surface area contributed by atoms with E-state index in [1.807, 2.05) is 4.68 Å². The van der Waals surface area contributed by atoms with E-state index in [2.05, 4.69) is 51.4 Å². The Kier molecular flexibility index (Phi) is 4.01. The van der Waals surface area contributed by atoms with Crippen LogP contribution in [-0.4, -0.2) is 35.1 Å². The predicted molar refractivity (Wildman–Crippen MR) is 108 cm³/mol. The summed E-state index contributed by atoms with van der Waals surface area (Å²) < 4.78 is 8.76. The molecule has 1 aromatic carbocycles. The summed E-state index contributed by atoms with van der Waals surface area (Å²) in [6, 6.07) is 12.1. The number of thioether (sulfide) groups is 1. The van der Waals surface area contributed by atoms with Gasteiger partial charge in [-0.2, -0.15) is 14.6 Å². The second-order valence-corrected chi connectivity index (χ2v) is 7.55.